The summed E-state index contributed by atoms with van der Waals surface area (Å²) in [6.45, 7) is 2.27. The van der Waals surface area contributed by atoms with E-state index in [-0.39, 0.29) is 6.10 Å². The van der Waals surface area contributed by atoms with Gasteiger partial charge in [0.15, 0.2) is 0 Å². The normalized spacial score (nSPS) is 26.1. The molecule has 0 amide bonds. The lowest BCUT2D eigenvalue weighted by molar-refractivity contribution is 0.131. The summed E-state index contributed by atoms with van der Waals surface area (Å²) < 4.78 is 0. The Kier molecular flexibility index (Phi) is 4.78. The van der Waals surface area contributed by atoms with E-state index in [2.05, 4.69) is 6.92 Å². The lowest BCUT2D eigenvalue weighted by atomic mass is 10.0. The van der Waals surface area contributed by atoms with Crippen LogP contribution >= 0.6 is 23.4 Å². The third-order valence-electron chi connectivity index (χ3n) is 3.50. The maximum atomic E-state index is 10.1. The molecule has 1 nitrogen and oxygen atoms in total. The molecule has 1 aliphatic carbocycles. The minimum Gasteiger partial charge on any atom is -0.392 e. The first-order chi connectivity index (χ1) is 8.15. The number of aliphatic hydroxyl groups is 1. The zero-order valence-electron chi connectivity index (χ0n) is 10.1. The molecule has 94 valence electrons. The molecule has 1 N–H and O–H groups in total. The van der Waals surface area contributed by atoms with Crippen LogP contribution in [0.5, 0.6) is 0 Å². The summed E-state index contributed by atoms with van der Waals surface area (Å²) in [5, 5.41) is 10.9. The van der Waals surface area contributed by atoms with Gasteiger partial charge in [0.05, 0.1) is 6.10 Å². The van der Waals surface area contributed by atoms with Crippen LogP contribution in [0, 0.1) is 11.8 Å². The molecule has 0 aromatic heterocycles. The third kappa shape index (κ3) is 3.90. The summed E-state index contributed by atoms with van der Waals surface area (Å²) >= 11 is 7.63. The first-order valence-corrected chi connectivity index (χ1v) is 7.58. The highest BCUT2D eigenvalue weighted by Crippen LogP contribution is 2.34. The summed E-state index contributed by atoms with van der Waals surface area (Å²) in [6, 6.07) is 7.83. The van der Waals surface area contributed by atoms with Crippen molar-refractivity contribution in [3.8, 4) is 0 Å². The summed E-state index contributed by atoms with van der Waals surface area (Å²) in [5.74, 6) is 2.06. The fraction of sp³-hybridized carbons (Fsp3) is 0.571. The molecule has 0 heterocycles. The Bertz CT molecular complexity index is 369. The van der Waals surface area contributed by atoms with Gasteiger partial charge in [0.1, 0.15) is 0 Å². The molecule has 17 heavy (non-hydrogen) atoms. The Morgan fingerprint density at radius 3 is 2.94 bits per heavy atom. The van der Waals surface area contributed by atoms with Crippen molar-refractivity contribution >= 4 is 23.4 Å². The summed E-state index contributed by atoms with van der Waals surface area (Å²) in [6.07, 6.45) is 3.45. The van der Waals surface area contributed by atoms with Crippen molar-refractivity contribution in [1.82, 2.24) is 0 Å². The number of benzene rings is 1. The fourth-order valence-corrected chi connectivity index (χ4v) is 3.75. The Morgan fingerprint density at radius 2 is 2.29 bits per heavy atom. The van der Waals surface area contributed by atoms with Crippen LogP contribution in [0.15, 0.2) is 29.2 Å². The highest BCUT2D eigenvalue weighted by atomic mass is 35.5. The van der Waals surface area contributed by atoms with E-state index in [0.717, 1.165) is 21.6 Å². The van der Waals surface area contributed by atoms with E-state index >= 15 is 0 Å². The van der Waals surface area contributed by atoms with Gasteiger partial charge < -0.3 is 5.11 Å². The van der Waals surface area contributed by atoms with Crippen LogP contribution in [0.2, 0.25) is 5.02 Å². The number of hydrogen-bond donors (Lipinski definition) is 1. The van der Waals surface area contributed by atoms with E-state index in [1.807, 2.05) is 24.3 Å². The number of hydrogen-bond acceptors (Lipinski definition) is 2. The van der Waals surface area contributed by atoms with E-state index in [9.17, 15) is 5.11 Å². The van der Waals surface area contributed by atoms with Crippen LogP contribution in [-0.2, 0) is 0 Å². The van der Waals surface area contributed by atoms with Crippen LogP contribution < -0.4 is 0 Å². The van der Waals surface area contributed by atoms with Crippen LogP contribution in [0.1, 0.15) is 26.2 Å². The van der Waals surface area contributed by atoms with Crippen molar-refractivity contribution in [2.24, 2.45) is 11.8 Å². The van der Waals surface area contributed by atoms with Gasteiger partial charge in [0.25, 0.3) is 0 Å². The van der Waals surface area contributed by atoms with Crippen molar-refractivity contribution < 1.29 is 5.11 Å². The number of halogens is 1. The maximum absolute atomic E-state index is 10.1. The Morgan fingerprint density at radius 1 is 1.47 bits per heavy atom. The Hall–Kier alpha value is -0.180. The third-order valence-corrected chi connectivity index (χ3v) is 4.83. The van der Waals surface area contributed by atoms with Gasteiger partial charge in [-0.3, -0.25) is 0 Å². The smallest absolute Gasteiger partial charge is 0.0662 e. The molecule has 0 radical (unpaired) electrons. The maximum Gasteiger partial charge on any atom is 0.0662 e. The van der Waals surface area contributed by atoms with E-state index in [0.29, 0.717) is 5.92 Å². The zero-order valence-corrected chi connectivity index (χ0v) is 11.7. The number of rotatable bonds is 4. The molecule has 1 aromatic rings. The average Bonchev–Trinajstić information content (AvgIpc) is 2.73. The molecule has 3 heteroatoms. The van der Waals surface area contributed by atoms with E-state index in [1.54, 1.807) is 11.8 Å². The number of aliphatic hydroxyl groups excluding tert-OH is 1. The SMILES string of the molecule is CC1CCC(C(O)CSc2cccc(Cl)c2)C1. The molecule has 3 atom stereocenters. The highest BCUT2D eigenvalue weighted by Gasteiger charge is 2.27. The molecule has 1 aromatic carbocycles. The average molecular weight is 271 g/mol. The van der Waals surface area contributed by atoms with Gasteiger partial charge in [-0.1, -0.05) is 31.0 Å². The molecular weight excluding hydrogens is 252 g/mol. The van der Waals surface area contributed by atoms with Gasteiger partial charge in [-0.2, -0.15) is 0 Å². The van der Waals surface area contributed by atoms with E-state index in [4.69, 9.17) is 11.6 Å². The van der Waals surface area contributed by atoms with Crippen molar-refractivity contribution in [1.29, 1.82) is 0 Å². The minimum atomic E-state index is -0.177. The molecule has 1 aliphatic rings. The van der Waals surface area contributed by atoms with Gasteiger partial charge in [-0.15, -0.1) is 11.8 Å². The molecule has 2 rings (SSSR count). The van der Waals surface area contributed by atoms with Crippen molar-refractivity contribution in [2.75, 3.05) is 5.75 Å². The van der Waals surface area contributed by atoms with Crippen LogP contribution in [0.4, 0.5) is 0 Å². The summed E-state index contributed by atoms with van der Waals surface area (Å²) in [4.78, 5) is 1.14. The first-order valence-electron chi connectivity index (χ1n) is 6.21. The van der Waals surface area contributed by atoms with Gasteiger partial charge in [-0.25, -0.2) is 0 Å². The lowest BCUT2D eigenvalue weighted by Gasteiger charge is -2.17. The summed E-state index contributed by atoms with van der Waals surface area (Å²) in [7, 11) is 0. The molecule has 0 aliphatic heterocycles. The zero-order chi connectivity index (χ0) is 12.3. The second-order valence-electron chi connectivity index (χ2n) is 5.01. The predicted octanol–water partition coefficient (Wildman–Crippen LogP) is 4.23. The lowest BCUT2D eigenvalue weighted by Crippen LogP contribution is -2.20. The van der Waals surface area contributed by atoms with Crippen LogP contribution in [-0.4, -0.2) is 17.0 Å². The first kappa shape index (κ1) is 13.3. The van der Waals surface area contributed by atoms with Gasteiger partial charge >= 0.3 is 0 Å². The van der Waals surface area contributed by atoms with E-state index in [1.165, 1.54) is 19.3 Å². The predicted molar refractivity (Wildman–Crippen MR) is 74.7 cm³/mol. The molecule has 0 bridgehead atoms. The fourth-order valence-electron chi connectivity index (χ4n) is 2.48. The van der Waals surface area contributed by atoms with Gasteiger partial charge in [0, 0.05) is 15.7 Å². The van der Waals surface area contributed by atoms with Crippen LogP contribution in [0.3, 0.4) is 0 Å². The standard InChI is InChI=1S/C14H19ClOS/c1-10-5-6-11(7-10)14(16)9-17-13-4-2-3-12(15)8-13/h2-4,8,10-11,14,16H,5-7,9H2,1H3. The Labute approximate surface area is 113 Å². The van der Waals surface area contributed by atoms with Gasteiger partial charge in [0.2, 0.25) is 0 Å². The molecule has 3 unspecified atom stereocenters. The second-order valence-corrected chi connectivity index (χ2v) is 6.54. The minimum absolute atomic E-state index is 0.177. The topological polar surface area (TPSA) is 20.2 Å². The molecule has 1 fully saturated rings. The Balaban J connectivity index is 1.81. The molecule has 0 saturated heterocycles. The van der Waals surface area contributed by atoms with E-state index < -0.39 is 0 Å². The van der Waals surface area contributed by atoms with Crippen LogP contribution in [0.25, 0.3) is 0 Å². The molecular formula is C14H19ClOS. The summed E-state index contributed by atoms with van der Waals surface area (Å²) in [5.41, 5.74) is 0. The van der Waals surface area contributed by atoms with Crippen molar-refractivity contribution in [3.63, 3.8) is 0 Å². The second kappa shape index (κ2) is 6.12. The quantitative estimate of drug-likeness (QED) is 0.827. The van der Waals surface area contributed by atoms with Crippen molar-refractivity contribution in [3.05, 3.63) is 29.3 Å². The van der Waals surface area contributed by atoms with Gasteiger partial charge in [-0.05, 0) is 42.9 Å². The monoisotopic (exact) mass is 270 g/mol. The molecule has 1 saturated carbocycles. The van der Waals surface area contributed by atoms with Crippen molar-refractivity contribution in [2.45, 2.75) is 37.2 Å². The largest absolute Gasteiger partial charge is 0.392 e. The number of thioether (sulfide) groups is 1. The molecule has 0 spiro atoms. The highest BCUT2D eigenvalue weighted by molar-refractivity contribution is 7.99.